The predicted octanol–water partition coefficient (Wildman–Crippen LogP) is 5.35. The number of rotatable bonds is 8. The van der Waals surface area contributed by atoms with E-state index in [1.807, 2.05) is 0 Å². The summed E-state index contributed by atoms with van der Waals surface area (Å²) in [7, 11) is 0. The number of allylic oxidation sites excluding steroid dienone is 3. The van der Waals surface area contributed by atoms with Crippen LogP contribution >= 0.6 is 0 Å². The van der Waals surface area contributed by atoms with Crippen LogP contribution in [0.2, 0.25) is 0 Å². The van der Waals surface area contributed by atoms with Crippen molar-refractivity contribution in [3.8, 4) is 0 Å². The molecule has 1 aromatic carbocycles. The molecule has 188 valence electrons. The Hall–Kier alpha value is -2.57. The highest BCUT2D eigenvalue weighted by Crippen LogP contribution is 2.38. The van der Waals surface area contributed by atoms with Crippen molar-refractivity contribution in [3.63, 3.8) is 0 Å². The molecule has 6 heteroatoms. The van der Waals surface area contributed by atoms with Crippen molar-refractivity contribution in [2.24, 2.45) is 11.3 Å². The first-order chi connectivity index (χ1) is 16.7. The molecule has 1 aliphatic heterocycles. The number of aromatic nitrogens is 4. The molecule has 2 aliphatic rings. The molecule has 6 nitrogen and oxygen atoms in total. The third-order valence-electron chi connectivity index (χ3n) is 6.99. The van der Waals surface area contributed by atoms with E-state index in [-0.39, 0.29) is 17.0 Å². The fourth-order valence-corrected chi connectivity index (χ4v) is 5.77. The summed E-state index contributed by atoms with van der Waals surface area (Å²) >= 11 is 0. The molecule has 2 aromatic rings. The van der Waals surface area contributed by atoms with Gasteiger partial charge in [0.25, 0.3) is 0 Å². The Morgan fingerprint density at radius 2 is 1.74 bits per heavy atom. The number of piperazine rings is 1. The van der Waals surface area contributed by atoms with Gasteiger partial charge >= 0.3 is 0 Å². The van der Waals surface area contributed by atoms with E-state index < -0.39 is 0 Å². The number of tetrazole rings is 1. The first-order valence-corrected chi connectivity index (χ1v) is 13.0. The Balaban J connectivity index is 1.49. The second kappa shape index (κ2) is 11.0. The lowest BCUT2D eigenvalue weighted by Crippen LogP contribution is -2.50. The van der Waals surface area contributed by atoms with Crippen LogP contribution in [0.25, 0.3) is 6.08 Å². The summed E-state index contributed by atoms with van der Waals surface area (Å²) in [6.45, 7) is 16.5. The SMILES string of the molecule is CC(C)(C)CC(C)(C)n1nnnc1[C@H](C1C=CC=CC1)N1CCN(C/C=C/c2ccccc2)CC1. The molecule has 1 saturated heterocycles. The van der Waals surface area contributed by atoms with E-state index in [0.29, 0.717) is 5.92 Å². The molecule has 1 aromatic heterocycles. The van der Waals surface area contributed by atoms with Crippen LogP contribution < -0.4 is 0 Å². The maximum atomic E-state index is 4.64. The maximum Gasteiger partial charge on any atom is 0.169 e. The van der Waals surface area contributed by atoms with Gasteiger partial charge in [0.05, 0.1) is 11.6 Å². The monoisotopic (exact) mass is 474 g/mol. The van der Waals surface area contributed by atoms with E-state index in [9.17, 15) is 0 Å². The highest BCUT2D eigenvalue weighted by molar-refractivity contribution is 5.48. The van der Waals surface area contributed by atoms with Crippen LogP contribution in [0, 0.1) is 11.3 Å². The lowest BCUT2D eigenvalue weighted by atomic mass is 9.81. The molecular weight excluding hydrogens is 432 g/mol. The number of hydrogen-bond donors (Lipinski definition) is 0. The zero-order valence-electron chi connectivity index (χ0n) is 22.1. The molecule has 35 heavy (non-hydrogen) atoms. The minimum atomic E-state index is -0.159. The number of nitrogens with zero attached hydrogens (tertiary/aromatic N) is 6. The van der Waals surface area contributed by atoms with Crippen molar-refractivity contribution in [1.82, 2.24) is 30.0 Å². The van der Waals surface area contributed by atoms with Crippen LogP contribution in [0.3, 0.4) is 0 Å². The smallest absolute Gasteiger partial charge is 0.169 e. The normalized spacial score (nSPS) is 21.1. The molecule has 0 bridgehead atoms. The largest absolute Gasteiger partial charge is 0.297 e. The average molecular weight is 475 g/mol. The molecule has 0 spiro atoms. The van der Waals surface area contributed by atoms with Gasteiger partial charge in [0.15, 0.2) is 5.82 Å². The van der Waals surface area contributed by atoms with E-state index >= 15 is 0 Å². The van der Waals surface area contributed by atoms with Crippen LogP contribution in [0.1, 0.15) is 64.9 Å². The summed E-state index contributed by atoms with van der Waals surface area (Å²) in [5.41, 5.74) is 1.29. The molecule has 2 heterocycles. The fourth-order valence-electron chi connectivity index (χ4n) is 5.77. The minimum absolute atomic E-state index is 0.159. The lowest BCUT2D eigenvalue weighted by Gasteiger charge is -2.42. The van der Waals surface area contributed by atoms with Gasteiger partial charge in [0.1, 0.15) is 0 Å². The van der Waals surface area contributed by atoms with Crippen LogP contribution in [0.15, 0.2) is 60.7 Å². The van der Waals surface area contributed by atoms with Crippen molar-refractivity contribution < 1.29 is 0 Å². The van der Waals surface area contributed by atoms with Crippen LogP contribution in [0.4, 0.5) is 0 Å². The summed E-state index contributed by atoms with van der Waals surface area (Å²) in [5.74, 6) is 1.38. The number of benzene rings is 1. The standard InChI is InChI=1S/C29H42N6/c1-28(2,3)23-29(4,5)35-27(30-31-32-35)26(25-16-10-7-11-17-25)34-21-19-33(20-22-34)18-12-15-24-13-8-6-9-14-24/h6-16,25-26H,17-23H2,1-5H3/b15-12+/t25?,26-/m0/s1. The summed E-state index contributed by atoms with van der Waals surface area (Å²) in [4.78, 5) is 5.15. The first kappa shape index (κ1) is 25.5. The molecule has 0 N–H and O–H groups in total. The second-order valence-electron chi connectivity index (χ2n) is 11.8. The topological polar surface area (TPSA) is 50.1 Å². The van der Waals surface area contributed by atoms with Gasteiger partial charge in [-0.2, -0.15) is 0 Å². The van der Waals surface area contributed by atoms with E-state index in [2.05, 4.69) is 131 Å². The van der Waals surface area contributed by atoms with Gasteiger partial charge in [0.2, 0.25) is 0 Å². The van der Waals surface area contributed by atoms with Crippen molar-refractivity contribution in [2.75, 3.05) is 32.7 Å². The Kier molecular flexibility index (Phi) is 8.02. The summed E-state index contributed by atoms with van der Waals surface area (Å²) < 4.78 is 2.12. The number of hydrogen-bond acceptors (Lipinski definition) is 5. The Labute approximate surface area is 211 Å². The third kappa shape index (κ3) is 6.77. The van der Waals surface area contributed by atoms with E-state index in [4.69, 9.17) is 0 Å². The van der Waals surface area contributed by atoms with Crippen molar-refractivity contribution >= 4 is 6.08 Å². The van der Waals surface area contributed by atoms with Gasteiger partial charge in [-0.15, -0.1) is 5.10 Å². The van der Waals surface area contributed by atoms with Crippen LogP contribution in [0.5, 0.6) is 0 Å². The fraction of sp³-hybridized carbons (Fsp3) is 0.552. The highest BCUT2D eigenvalue weighted by atomic mass is 15.6. The lowest BCUT2D eigenvalue weighted by molar-refractivity contribution is 0.0715. The Bertz CT molecular complexity index is 1020. The van der Waals surface area contributed by atoms with Crippen LogP contribution in [-0.4, -0.2) is 62.7 Å². The van der Waals surface area contributed by atoms with E-state index in [0.717, 1.165) is 51.4 Å². The molecule has 0 radical (unpaired) electrons. The highest BCUT2D eigenvalue weighted by Gasteiger charge is 2.38. The molecule has 1 aliphatic carbocycles. The Morgan fingerprint density at radius 3 is 2.40 bits per heavy atom. The van der Waals surface area contributed by atoms with Gasteiger partial charge in [-0.05, 0) is 48.1 Å². The van der Waals surface area contributed by atoms with Gasteiger partial charge < -0.3 is 0 Å². The van der Waals surface area contributed by atoms with E-state index in [1.165, 1.54) is 5.56 Å². The van der Waals surface area contributed by atoms with Crippen LogP contribution in [-0.2, 0) is 5.54 Å². The van der Waals surface area contributed by atoms with Crippen molar-refractivity contribution in [1.29, 1.82) is 0 Å². The molecular formula is C29H42N6. The average Bonchev–Trinajstić information content (AvgIpc) is 3.31. The maximum absolute atomic E-state index is 4.64. The first-order valence-electron chi connectivity index (χ1n) is 13.0. The van der Waals surface area contributed by atoms with Crippen molar-refractivity contribution in [2.45, 2.75) is 59.0 Å². The predicted molar refractivity (Wildman–Crippen MR) is 144 cm³/mol. The molecule has 0 saturated carbocycles. The molecule has 0 amide bonds. The van der Waals surface area contributed by atoms with Gasteiger partial charge in [-0.1, -0.05) is 87.6 Å². The van der Waals surface area contributed by atoms with Gasteiger partial charge in [0, 0.05) is 38.6 Å². The molecule has 2 atom stereocenters. The summed E-state index contributed by atoms with van der Waals surface area (Å²) in [6.07, 6.45) is 15.5. The summed E-state index contributed by atoms with van der Waals surface area (Å²) in [6, 6.07) is 10.7. The summed E-state index contributed by atoms with van der Waals surface area (Å²) in [5, 5.41) is 13.4. The molecule has 1 fully saturated rings. The van der Waals surface area contributed by atoms with Gasteiger partial charge in [-0.3, -0.25) is 9.80 Å². The molecule has 4 rings (SSSR count). The van der Waals surface area contributed by atoms with Crippen molar-refractivity contribution in [3.05, 3.63) is 72.1 Å². The Morgan fingerprint density at radius 1 is 1.00 bits per heavy atom. The minimum Gasteiger partial charge on any atom is -0.297 e. The van der Waals surface area contributed by atoms with E-state index in [1.54, 1.807) is 0 Å². The van der Waals surface area contributed by atoms with Gasteiger partial charge in [-0.25, -0.2) is 4.68 Å². The zero-order valence-corrected chi connectivity index (χ0v) is 22.1. The quantitative estimate of drug-likeness (QED) is 0.516. The molecule has 1 unspecified atom stereocenters. The second-order valence-corrected chi connectivity index (χ2v) is 11.8. The zero-order chi connectivity index (χ0) is 24.9. The third-order valence-corrected chi connectivity index (χ3v) is 6.99.